The van der Waals surface area contributed by atoms with Crippen LogP contribution in [-0.4, -0.2) is 11.2 Å². The van der Waals surface area contributed by atoms with E-state index in [2.05, 4.69) is 6.92 Å². The third kappa shape index (κ3) is 4.52. The lowest BCUT2D eigenvalue weighted by molar-refractivity contribution is 0.153. The largest absolute Gasteiger partial charge is 0.469 e. The van der Waals surface area contributed by atoms with Crippen LogP contribution in [0.25, 0.3) is 0 Å². The molecule has 0 spiro atoms. The van der Waals surface area contributed by atoms with Gasteiger partial charge in [0.25, 0.3) is 0 Å². The molecule has 0 saturated carbocycles. The quantitative estimate of drug-likeness (QED) is 0.699. The van der Waals surface area contributed by atoms with Crippen LogP contribution < -0.4 is 0 Å². The molecule has 1 rings (SSSR count). The zero-order valence-electron chi connectivity index (χ0n) is 9.83. The monoisotopic (exact) mass is 210 g/mol. The van der Waals surface area contributed by atoms with E-state index >= 15 is 0 Å². The first kappa shape index (κ1) is 12.3. The highest BCUT2D eigenvalue weighted by Crippen LogP contribution is 2.14. The number of unbranched alkanes of at least 4 members (excludes halogenated alkanes) is 3. The van der Waals surface area contributed by atoms with Gasteiger partial charge in [-0.25, -0.2) is 0 Å². The standard InChI is InChI=1S/C13H22O2/c1-3-4-5-6-7-12(14)10-13-11(2)8-9-15-13/h8-9,12,14H,3-7,10H2,1-2H3. The van der Waals surface area contributed by atoms with Crippen LogP contribution in [0.1, 0.15) is 50.4 Å². The van der Waals surface area contributed by atoms with Gasteiger partial charge in [-0.05, 0) is 25.0 Å². The SMILES string of the molecule is CCCCCCC(O)Cc1occc1C. The molecule has 15 heavy (non-hydrogen) atoms. The number of hydrogen-bond donors (Lipinski definition) is 1. The average molecular weight is 210 g/mol. The third-order valence-electron chi connectivity index (χ3n) is 2.78. The Bertz CT molecular complexity index is 265. The van der Waals surface area contributed by atoms with Crippen LogP contribution in [0.5, 0.6) is 0 Å². The summed E-state index contributed by atoms with van der Waals surface area (Å²) in [4.78, 5) is 0. The fourth-order valence-electron chi connectivity index (χ4n) is 1.74. The van der Waals surface area contributed by atoms with Crippen molar-refractivity contribution in [3.8, 4) is 0 Å². The first-order valence-corrected chi connectivity index (χ1v) is 5.95. The molecule has 1 aromatic heterocycles. The predicted octanol–water partition coefficient (Wildman–Crippen LogP) is 3.46. The molecule has 0 aliphatic carbocycles. The van der Waals surface area contributed by atoms with Crippen molar-refractivity contribution in [1.29, 1.82) is 0 Å². The molecule has 0 radical (unpaired) electrons. The first-order chi connectivity index (χ1) is 7.24. The highest BCUT2D eigenvalue weighted by Gasteiger charge is 2.09. The number of aliphatic hydroxyl groups is 1. The van der Waals surface area contributed by atoms with Gasteiger partial charge in [-0.1, -0.05) is 32.6 Å². The summed E-state index contributed by atoms with van der Waals surface area (Å²) in [5, 5.41) is 9.78. The van der Waals surface area contributed by atoms with Crippen LogP contribution in [0.3, 0.4) is 0 Å². The van der Waals surface area contributed by atoms with Crippen LogP contribution in [0.4, 0.5) is 0 Å². The van der Waals surface area contributed by atoms with Gasteiger partial charge in [-0.15, -0.1) is 0 Å². The maximum Gasteiger partial charge on any atom is 0.109 e. The van der Waals surface area contributed by atoms with Crippen molar-refractivity contribution in [3.63, 3.8) is 0 Å². The summed E-state index contributed by atoms with van der Waals surface area (Å²) in [7, 11) is 0. The van der Waals surface area contributed by atoms with Gasteiger partial charge in [0.1, 0.15) is 5.76 Å². The molecule has 0 aromatic carbocycles. The molecule has 0 bridgehead atoms. The highest BCUT2D eigenvalue weighted by molar-refractivity contribution is 5.15. The Morgan fingerprint density at radius 3 is 2.73 bits per heavy atom. The maximum absolute atomic E-state index is 9.78. The topological polar surface area (TPSA) is 33.4 Å². The first-order valence-electron chi connectivity index (χ1n) is 5.95. The Kier molecular flexibility index (Phi) is 5.48. The molecule has 0 aliphatic rings. The van der Waals surface area contributed by atoms with Crippen LogP contribution in [0.15, 0.2) is 16.7 Å². The smallest absolute Gasteiger partial charge is 0.109 e. The lowest BCUT2D eigenvalue weighted by Gasteiger charge is -2.08. The van der Waals surface area contributed by atoms with Gasteiger partial charge in [-0.3, -0.25) is 0 Å². The summed E-state index contributed by atoms with van der Waals surface area (Å²) in [5.74, 6) is 0.929. The van der Waals surface area contributed by atoms with Crippen molar-refractivity contribution < 1.29 is 9.52 Å². The summed E-state index contributed by atoms with van der Waals surface area (Å²) in [6.07, 6.45) is 7.85. The Morgan fingerprint density at radius 1 is 1.33 bits per heavy atom. The zero-order chi connectivity index (χ0) is 11.1. The van der Waals surface area contributed by atoms with Crippen molar-refractivity contribution in [3.05, 3.63) is 23.7 Å². The molecule has 1 heterocycles. The van der Waals surface area contributed by atoms with E-state index in [0.717, 1.165) is 24.2 Å². The summed E-state index contributed by atoms with van der Waals surface area (Å²) in [5.41, 5.74) is 1.14. The van der Waals surface area contributed by atoms with E-state index in [4.69, 9.17) is 4.42 Å². The van der Waals surface area contributed by atoms with E-state index < -0.39 is 0 Å². The summed E-state index contributed by atoms with van der Waals surface area (Å²) in [6.45, 7) is 4.21. The number of rotatable bonds is 7. The average Bonchev–Trinajstić information content (AvgIpc) is 2.59. The lowest BCUT2D eigenvalue weighted by atomic mass is 10.0. The van der Waals surface area contributed by atoms with Crippen LogP contribution in [0, 0.1) is 6.92 Å². The summed E-state index contributed by atoms with van der Waals surface area (Å²) >= 11 is 0. The molecule has 2 nitrogen and oxygen atoms in total. The second-order valence-corrected chi connectivity index (χ2v) is 4.23. The molecule has 1 atom stereocenters. The Balaban J connectivity index is 2.18. The molecule has 0 aliphatic heterocycles. The third-order valence-corrected chi connectivity index (χ3v) is 2.78. The van der Waals surface area contributed by atoms with Crippen molar-refractivity contribution in [2.24, 2.45) is 0 Å². The van der Waals surface area contributed by atoms with E-state index in [9.17, 15) is 5.11 Å². The van der Waals surface area contributed by atoms with E-state index in [0.29, 0.717) is 6.42 Å². The van der Waals surface area contributed by atoms with Crippen LogP contribution in [-0.2, 0) is 6.42 Å². The van der Waals surface area contributed by atoms with Gasteiger partial charge in [0.15, 0.2) is 0 Å². The summed E-state index contributed by atoms with van der Waals surface area (Å²) < 4.78 is 5.30. The second kappa shape index (κ2) is 6.67. The fraction of sp³-hybridized carbons (Fsp3) is 0.692. The van der Waals surface area contributed by atoms with E-state index in [1.807, 2.05) is 13.0 Å². The number of aliphatic hydroxyl groups excluding tert-OH is 1. The van der Waals surface area contributed by atoms with Gasteiger partial charge >= 0.3 is 0 Å². The van der Waals surface area contributed by atoms with Crippen molar-refractivity contribution in [2.45, 2.75) is 58.5 Å². The molecule has 1 aromatic rings. The second-order valence-electron chi connectivity index (χ2n) is 4.23. The molecule has 2 heteroatoms. The van der Waals surface area contributed by atoms with E-state index in [1.54, 1.807) is 6.26 Å². The predicted molar refractivity (Wildman–Crippen MR) is 61.9 cm³/mol. The van der Waals surface area contributed by atoms with Crippen molar-refractivity contribution >= 4 is 0 Å². The van der Waals surface area contributed by atoms with E-state index in [-0.39, 0.29) is 6.10 Å². The van der Waals surface area contributed by atoms with Crippen LogP contribution >= 0.6 is 0 Å². The van der Waals surface area contributed by atoms with Crippen LogP contribution in [0.2, 0.25) is 0 Å². The zero-order valence-corrected chi connectivity index (χ0v) is 9.83. The Hall–Kier alpha value is -0.760. The number of furan rings is 1. The minimum absolute atomic E-state index is 0.244. The Morgan fingerprint density at radius 2 is 2.13 bits per heavy atom. The van der Waals surface area contributed by atoms with Gasteiger partial charge in [0.2, 0.25) is 0 Å². The maximum atomic E-state index is 9.78. The normalized spacial score (nSPS) is 13.0. The van der Waals surface area contributed by atoms with Gasteiger partial charge in [0.05, 0.1) is 12.4 Å². The van der Waals surface area contributed by atoms with Gasteiger partial charge in [0, 0.05) is 6.42 Å². The molecule has 1 unspecified atom stereocenters. The highest BCUT2D eigenvalue weighted by atomic mass is 16.3. The molecular weight excluding hydrogens is 188 g/mol. The summed E-state index contributed by atoms with van der Waals surface area (Å²) in [6, 6.07) is 1.94. The molecule has 0 saturated heterocycles. The molecule has 86 valence electrons. The van der Waals surface area contributed by atoms with Gasteiger partial charge in [-0.2, -0.15) is 0 Å². The van der Waals surface area contributed by atoms with Gasteiger partial charge < -0.3 is 9.52 Å². The van der Waals surface area contributed by atoms with Crippen molar-refractivity contribution in [1.82, 2.24) is 0 Å². The Labute approximate surface area is 92.3 Å². The van der Waals surface area contributed by atoms with Crippen molar-refractivity contribution in [2.75, 3.05) is 0 Å². The molecule has 0 fully saturated rings. The van der Waals surface area contributed by atoms with E-state index in [1.165, 1.54) is 19.3 Å². The molecular formula is C13H22O2. The lowest BCUT2D eigenvalue weighted by Crippen LogP contribution is -2.10. The number of aryl methyl sites for hydroxylation is 1. The minimum Gasteiger partial charge on any atom is -0.469 e. The fourth-order valence-corrected chi connectivity index (χ4v) is 1.74. The molecule has 1 N–H and O–H groups in total. The molecule has 0 amide bonds. The minimum atomic E-state index is -0.244. The number of hydrogen-bond acceptors (Lipinski definition) is 2.